The molecule has 0 saturated carbocycles. The van der Waals surface area contributed by atoms with Crippen molar-refractivity contribution < 1.29 is 23.1 Å². The minimum absolute atomic E-state index is 0.189. The third-order valence-electron chi connectivity index (χ3n) is 3.64. The fourth-order valence-electron chi connectivity index (χ4n) is 2.40. The highest BCUT2D eigenvalue weighted by Crippen LogP contribution is 2.17. The Balaban J connectivity index is 1.70. The van der Waals surface area contributed by atoms with E-state index >= 15 is 0 Å². The van der Waals surface area contributed by atoms with Gasteiger partial charge in [0.2, 0.25) is 11.7 Å². The number of tetrazole rings is 1. The Morgan fingerprint density at radius 3 is 2.72 bits per heavy atom. The molecule has 0 aliphatic rings. The first-order valence-electron chi connectivity index (χ1n) is 8.66. The van der Waals surface area contributed by atoms with Gasteiger partial charge in [-0.1, -0.05) is 12.1 Å². The van der Waals surface area contributed by atoms with Gasteiger partial charge in [-0.05, 0) is 43.3 Å². The fourth-order valence-corrected chi connectivity index (χ4v) is 2.40. The van der Waals surface area contributed by atoms with E-state index in [1.165, 1.54) is 0 Å². The number of ether oxygens (including phenoxy) is 1. The van der Waals surface area contributed by atoms with Crippen LogP contribution in [0.15, 0.2) is 42.5 Å². The Bertz CT molecular complexity index is 1050. The summed E-state index contributed by atoms with van der Waals surface area (Å²) in [7, 11) is 0. The van der Waals surface area contributed by atoms with Crippen molar-refractivity contribution in [1.82, 2.24) is 20.2 Å². The molecule has 0 saturated heterocycles. The van der Waals surface area contributed by atoms with E-state index in [1.54, 1.807) is 38.1 Å². The number of anilines is 1. The second-order valence-electron chi connectivity index (χ2n) is 6.35. The van der Waals surface area contributed by atoms with Gasteiger partial charge in [0.15, 0.2) is 0 Å². The highest BCUT2D eigenvalue weighted by atomic mass is 19.1. The minimum atomic E-state index is -0.767. The normalized spacial score (nSPS) is 10.8. The van der Waals surface area contributed by atoms with Gasteiger partial charge in [0.25, 0.3) is 0 Å². The number of halogens is 2. The Labute approximate surface area is 164 Å². The molecule has 0 fully saturated rings. The van der Waals surface area contributed by atoms with E-state index in [2.05, 4.69) is 20.7 Å². The lowest BCUT2D eigenvalue weighted by Crippen LogP contribution is -2.21. The van der Waals surface area contributed by atoms with Gasteiger partial charge < -0.3 is 10.1 Å². The first kappa shape index (κ1) is 20.1. The summed E-state index contributed by atoms with van der Waals surface area (Å²) >= 11 is 0. The van der Waals surface area contributed by atoms with Gasteiger partial charge in [0, 0.05) is 11.6 Å². The van der Waals surface area contributed by atoms with Crippen molar-refractivity contribution in [2.45, 2.75) is 26.5 Å². The first-order chi connectivity index (χ1) is 13.8. The van der Waals surface area contributed by atoms with Crippen LogP contribution in [0.3, 0.4) is 0 Å². The summed E-state index contributed by atoms with van der Waals surface area (Å²) in [5.41, 5.74) is 0.546. The van der Waals surface area contributed by atoms with Crippen molar-refractivity contribution >= 4 is 17.6 Å². The maximum absolute atomic E-state index is 13.6. The van der Waals surface area contributed by atoms with Gasteiger partial charge in [-0.25, -0.2) is 13.6 Å². The lowest BCUT2D eigenvalue weighted by Gasteiger charge is -2.08. The zero-order valence-electron chi connectivity index (χ0n) is 15.6. The molecule has 0 bridgehead atoms. The summed E-state index contributed by atoms with van der Waals surface area (Å²) in [5.74, 6) is -2.40. The maximum Gasteiger partial charge on any atom is 0.338 e. The molecule has 1 amide bonds. The average Bonchev–Trinajstić information content (AvgIpc) is 3.12. The van der Waals surface area contributed by atoms with Crippen LogP contribution in [0.25, 0.3) is 11.4 Å². The quantitative estimate of drug-likeness (QED) is 0.638. The molecule has 0 radical (unpaired) electrons. The standard InChI is InChI=1S/C19H17F2N5O3/c1-11(2)29-19(28)13-5-3-4-12(8-13)18-23-25-26(24-18)10-17(27)22-16-9-14(20)6-7-15(16)21/h3-9,11H,10H2,1-2H3,(H,22,27). The zero-order chi connectivity index (χ0) is 21.0. The summed E-state index contributed by atoms with van der Waals surface area (Å²) < 4.78 is 31.9. The predicted octanol–water partition coefficient (Wildman–Crippen LogP) is 2.82. The van der Waals surface area contributed by atoms with Crippen LogP contribution in [0.5, 0.6) is 0 Å². The predicted molar refractivity (Wildman–Crippen MR) is 98.8 cm³/mol. The van der Waals surface area contributed by atoms with Crippen LogP contribution in [0.2, 0.25) is 0 Å². The molecule has 2 aromatic carbocycles. The number of nitrogens with zero attached hydrogens (tertiary/aromatic N) is 4. The molecule has 8 nitrogen and oxygen atoms in total. The Kier molecular flexibility index (Phi) is 5.91. The Morgan fingerprint density at radius 2 is 1.97 bits per heavy atom. The molecule has 3 rings (SSSR count). The second kappa shape index (κ2) is 8.55. The molecular formula is C19H17F2N5O3. The molecule has 29 heavy (non-hydrogen) atoms. The molecule has 150 valence electrons. The van der Waals surface area contributed by atoms with Crippen LogP contribution in [0, 0.1) is 11.6 Å². The largest absolute Gasteiger partial charge is 0.459 e. The number of rotatable bonds is 6. The molecule has 0 aliphatic carbocycles. The summed E-state index contributed by atoms with van der Waals surface area (Å²) in [4.78, 5) is 25.1. The maximum atomic E-state index is 13.6. The van der Waals surface area contributed by atoms with Gasteiger partial charge in [-0.2, -0.15) is 4.80 Å². The van der Waals surface area contributed by atoms with E-state index in [0.717, 1.165) is 23.0 Å². The Morgan fingerprint density at radius 1 is 1.17 bits per heavy atom. The SMILES string of the molecule is CC(C)OC(=O)c1cccc(-c2nnn(CC(=O)Nc3cc(F)ccc3F)n2)c1. The van der Waals surface area contributed by atoms with Crippen molar-refractivity contribution in [3.63, 3.8) is 0 Å². The van der Waals surface area contributed by atoms with Crippen LogP contribution >= 0.6 is 0 Å². The lowest BCUT2D eigenvalue weighted by molar-refractivity contribution is -0.117. The number of hydrogen-bond donors (Lipinski definition) is 1. The highest BCUT2D eigenvalue weighted by molar-refractivity contribution is 5.91. The molecule has 1 heterocycles. The van der Waals surface area contributed by atoms with Crippen LogP contribution in [0.1, 0.15) is 24.2 Å². The van der Waals surface area contributed by atoms with Crippen molar-refractivity contribution in [1.29, 1.82) is 0 Å². The molecule has 3 aromatic rings. The van der Waals surface area contributed by atoms with Gasteiger partial charge in [-0.3, -0.25) is 4.79 Å². The summed E-state index contributed by atoms with van der Waals surface area (Å²) in [6.07, 6.45) is -0.258. The molecule has 1 N–H and O–H groups in total. The van der Waals surface area contributed by atoms with E-state index in [9.17, 15) is 18.4 Å². The minimum Gasteiger partial charge on any atom is -0.459 e. The highest BCUT2D eigenvalue weighted by Gasteiger charge is 2.14. The van der Waals surface area contributed by atoms with E-state index in [-0.39, 0.29) is 24.2 Å². The van der Waals surface area contributed by atoms with Crippen LogP contribution in [-0.4, -0.2) is 38.2 Å². The number of nitrogens with one attached hydrogen (secondary N) is 1. The van der Waals surface area contributed by atoms with E-state index in [0.29, 0.717) is 11.1 Å². The molecule has 10 heteroatoms. The van der Waals surface area contributed by atoms with Crippen molar-refractivity contribution in [3.8, 4) is 11.4 Å². The number of carbonyl (C=O) groups excluding carboxylic acids is 2. The average molecular weight is 401 g/mol. The summed E-state index contributed by atoms with van der Waals surface area (Å²) in [5, 5.41) is 13.9. The van der Waals surface area contributed by atoms with Crippen LogP contribution in [-0.2, 0) is 16.1 Å². The van der Waals surface area contributed by atoms with Gasteiger partial charge in [0.1, 0.15) is 18.2 Å². The Hall–Kier alpha value is -3.69. The number of esters is 1. The molecule has 1 aromatic heterocycles. The number of aromatic nitrogens is 4. The summed E-state index contributed by atoms with van der Waals surface area (Å²) in [6.45, 7) is 3.13. The van der Waals surface area contributed by atoms with E-state index in [4.69, 9.17) is 4.74 Å². The number of hydrogen-bond acceptors (Lipinski definition) is 6. The van der Waals surface area contributed by atoms with Crippen LogP contribution < -0.4 is 5.32 Å². The first-order valence-corrected chi connectivity index (χ1v) is 8.66. The third-order valence-corrected chi connectivity index (χ3v) is 3.64. The van der Waals surface area contributed by atoms with Crippen LogP contribution in [0.4, 0.5) is 14.5 Å². The second-order valence-corrected chi connectivity index (χ2v) is 6.35. The van der Waals surface area contributed by atoms with Crippen molar-refractivity contribution in [2.75, 3.05) is 5.32 Å². The van der Waals surface area contributed by atoms with Gasteiger partial charge >= 0.3 is 5.97 Å². The van der Waals surface area contributed by atoms with Crippen molar-refractivity contribution in [2.24, 2.45) is 0 Å². The third kappa shape index (κ3) is 5.18. The number of benzene rings is 2. The van der Waals surface area contributed by atoms with Gasteiger partial charge in [0.05, 0.1) is 17.4 Å². The molecule has 0 spiro atoms. The van der Waals surface area contributed by atoms with E-state index in [1.807, 2.05) is 0 Å². The fraction of sp³-hybridized carbons (Fsp3) is 0.211. The molecular weight excluding hydrogens is 384 g/mol. The summed E-state index contributed by atoms with van der Waals surface area (Å²) in [6, 6.07) is 9.19. The van der Waals surface area contributed by atoms with Crippen molar-refractivity contribution in [3.05, 3.63) is 59.7 Å². The molecule has 0 unspecified atom stereocenters. The van der Waals surface area contributed by atoms with Gasteiger partial charge in [-0.15, -0.1) is 10.2 Å². The molecule has 0 atom stereocenters. The molecule has 0 aliphatic heterocycles. The smallest absolute Gasteiger partial charge is 0.338 e. The zero-order valence-corrected chi connectivity index (χ0v) is 15.6. The number of amides is 1. The van der Waals surface area contributed by atoms with E-state index < -0.39 is 23.5 Å². The topological polar surface area (TPSA) is 99.0 Å². The monoisotopic (exact) mass is 401 g/mol. The number of carbonyl (C=O) groups is 2. The lowest BCUT2D eigenvalue weighted by atomic mass is 10.1.